The van der Waals surface area contributed by atoms with E-state index in [0.717, 1.165) is 25.8 Å². The summed E-state index contributed by atoms with van der Waals surface area (Å²) in [5, 5.41) is 18.1. The predicted molar refractivity (Wildman–Crippen MR) is 72.4 cm³/mol. The second-order valence-electron chi connectivity index (χ2n) is 5.79. The van der Waals surface area contributed by atoms with Crippen LogP contribution in [0.15, 0.2) is 12.3 Å². The summed E-state index contributed by atoms with van der Waals surface area (Å²) < 4.78 is 1.88. The van der Waals surface area contributed by atoms with Gasteiger partial charge in [-0.3, -0.25) is 4.68 Å². The minimum Gasteiger partial charge on any atom is -0.390 e. The molecule has 0 radical (unpaired) electrons. The SMILES string of the molecule is Cn1nccc1CCC(C)(O)CC1CCCCN1. The van der Waals surface area contributed by atoms with E-state index in [9.17, 15) is 5.11 Å². The maximum atomic E-state index is 10.5. The lowest BCUT2D eigenvalue weighted by Gasteiger charge is -2.31. The lowest BCUT2D eigenvalue weighted by atomic mass is 9.88. The Bertz CT molecular complexity index is 367. The lowest BCUT2D eigenvalue weighted by Crippen LogP contribution is -2.41. The fourth-order valence-corrected chi connectivity index (χ4v) is 2.77. The second-order valence-corrected chi connectivity index (χ2v) is 5.79. The summed E-state index contributed by atoms with van der Waals surface area (Å²) in [6, 6.07) is 2.51. The van der Waals surface area contributed by atoms with Gasteiger partial charge in [-0.25, -0.2) is 0 Å². The number of hydrogen-bond acceptors (Lipinski definition) is 3. The summed E-state index contributed by atoms with van der Waals surface area (Å²) in [6.07, 6.45) is 8.10. The van der Waals surface area contributed by atoms with Crippen LogP contribution in [0.1, 0.15) is 44.7 Å². The Labute approximate surface area is 109 Å². The van der Waals surface area contributed by atoms with Crippen LogP contribution in [0.3, 0.4) is 0 Å². The van der Waals surface area contributed by atoms with E-state index in [0.29, 0.717) is 6.04 Å². The first-order valence-corrected chi connectivity index (χ1v) is 6.99. The standard InChI is InChI=1S/C14H25N3O/c1-14(18,11-12-5-3-4-9-15-12)8-6-13-7-10-16-17(13)2/h7,10,12,15,18H,3-6,8-9,11H2,1-2H3. The van der Waals surface area contributed by atoms with Gasteiger partial charge < -0.3 is 10.4 Å². The number of nitrogens with zero attached hydrogens (tertiary/aromatic N) is 2. The number of aryl methyl sites for hydroxylation is 2. The molecular formula is C14H25N3O. The molecule has 4 heteroatoms. The topological polar surface area (TPSA) is 50.1 Å². The Kier molecular flexibility index (Phi) is 4.40. The van der Waals surface area contributed by atoms with E-state index in [-0.39, 0.29) is 0 Å². The molecule has 2 rings (SSSR count). The first kappa shape index (κ1) is 13.6. The molecular weight excluding hydrogens is 226 g/mol. The van der Waals surface area contributed by atoms with Crippen molar-refractivity contribution in [3.05, 3.63) is 18.0 Å². The van der Waals surface area contributed by atoms with Gasteiger partial charge in [-0.2, -0.15) is 5.10 Å². The molecule has 4 nitrogen and oxygen atoms in total. The van der Waals surface area contributed by atoms with Gasteiger partial charge in [0, 0.05) is 25.0 Å². The minimum atomic E-state index is -0.584. The van der Waals surface area contributed by atoms with Crippen molar-refractivity contribution in [2.45, 2.75) is 57.1 Å². The Morgan fingerprint density at radius 3 is 3.00 bits per heavy atom. The Hall–Kier alpha value is -0.870. The predicted octanol–water partition coefficient (Wildman–Crippen LogP) is 1.64. The van der Waals surface area contributed by atoms with Gasteiger partial charge in [0.05, 0.1) is 5.60 Å². The monoisotopic (exact) mass is 251 g/mol. The number of piperidine rings is 1. The van der Waals surface area contributed by atoms with Gasteiger partial charge in [-0.15, -0.1) is 0 Å². The molecule has 0 aromatic carbocycles. The third-order valence-electron chi connectivity index (χ3n) is 3.94. The van der Waals surface area contributed by atoms with Crippen molar-refractivity contribution in [3.8, 4) is 0 Å². The van der Waals surface area contributed by atoms with Crippen molar-refractivity contribution in [3.63, 3.8) is 0 Å². The number of aromatic nitrogens is 2. The third kappa shape index (κ3) is 3.82. The Morgan fingerprint density at radius 1 is 1.56 bits per heavy atom. The third-order valence-corrected chi connectivity index (χ3v) is 3.94. The van der Waals surface area contributed by atoms with Crippen LogP contribution >= 0.6 is 0 Å². The van der Waals surface area contributed by atoms with Gasteiger partial charge in [0.25, 0.3) is 0 Å². The van der Waals surface area contributed by atoms with Crippen LogP contribution in [0.5, 0.6) is 0 Å². The molecule has 2 unspecified atom stereocenters. The average molecular weight is 251 g/mol. The molecule has 2 atom stereocenters. The van der Waals surface area contributed by atoms with Crippen LogP contribution in [0.25, 0.3) is 0 Å². The van der Waals surface area contributed by atoms with Crippen LogP contribution in [-0.4, -0.2) is 33.1 Å². The zero-order valence-electron chi connectivity index (χ0n) is 11.5. The molecule has 1 fully saturated rings. The number of hydrogen-bond donors (Lipinski definition) is 2. The summed E-state index contributed by atoms with van der Waals surface area (Å²) in [7, 11) is 1.95. The van der Waals surface area contributed by atoms with Crippen molar-refractivity contribution >= 4 is 0 Å². The summed E-state index contributed by atoms with van der Waals surface area (Å²) in [5.74, 6) is 0. The largest absolute Gasteiger partial charge is 0.390 e. The van der Waals surface area contributed by atoms with Gasteiger partial charge in [0.15, 0.2) is 0 Å². The first-order chi connectivity index (χ1) is 8.57. The van der Waals surface area contributed by atoms with E-state index < -0.39 is 5.60 Å². The van der Waals surface area contributed by atoms with Crippen molar-refractivity contribution in [2.75, 3.05) is 6.54 Å². The van der Waals surface area contributed by atoms with Crippen molar-refractivity contribution < 1.29 is 5.11 Å². The normalized spacial score (nSPS) is 23.8. The van der Waals surface area contributed by atoms with Gasteiger partial charge in [0.1, 0.15) is 0 Å². The van der Waals surface area contributed by atoms with E-state index in [1.54, 1.807) is 0 Å². The molecule has 1 aromatic rings. The molecule has 0 saturated carbocycles. The van der Waals surface area contributed by atoms with E-state index >= 15 is 0 Å². The highest BCUT2D eigenvalue weighted by molar-refractivity contribution is 5.01. The number of nitrogens with one attached hydrogen (secondary N) is 1. The molecule has 1 aromatic heterocycles. The van der Waals surface area contributed by atoms with Crippen LogP contribution < -0.4 is 5.32 Å². The van der Waals surface area contributed by atoms with E-state index in [2.05, 4.69) is 10.4 Å². The van der Waals surface area contributed by atoms with E-state index in [1.165, 1.54) is 25.0 Å². The summed E-state index contributed by atoms with van der Waals surface area (Å²) in [4.78, 5) is 0. The van der Waals surface area contributed by atoms with Gasteiger partial charge in [-0.05, 0) is 51.6 Å². The molecule has 0 spiro atoms. The molecule has 0 bridgehead atoms. The smallest absolute Gasteiger partial charge is 0.0638 e. The molecule has 1 aliphatic rings. The van der Waals surface area contributed by atoms with Gasteiger partial charge >= 0.3 is 0 Å². The van der Waals surface area contributed by atoms with E-state index in [4.69, 9.17) is 0 Å². The molecule has 1 aliphatic heterocycles. The summed E-state index contributed by atoms with van der Waals surface area (Å²) >= 11 is 0. The molecule has 18 heavy (non-hydrogen) atoms. The average Bonchev–Trinajstić information content (AvgIpc) is 2.73. The molecule has 2 N–H and O–H groups in total. The molecule has 2 heterocycles. The highest BCUT2D eigenvalue weighted by Gasteiger charge is 2.26. The molecule has 0 aliphatic carbocycles. The highest BCUT2D eigenvalue weighted by Crippen LogP contribution is 2.23. The maximum Gasteiger partial charge on any atom is 0.0638 e. The van der Waals surface area contributed by atoms with Crippen LogP contribution in [0.4, 0.5) is 0 Å². The fourth-order valence-electron chi connectivity index (χ4n) is 2.77. The maximum absolute atomic E-state index is 10.5. The Morgan fingerprint density at radius 2 is 2.39 bits per heavy atom. The molecule has 1 saturated heterocycles. The first-order valence-electron chi connectivity index (χ1n) is 6.99. The summed E-state index contributed by atoms with van der Waals surface area (Å²) in [6.45, 7) is 3.06. The molecule has 0 amide bonds. The van der Waals surface area contributed by atoms with Crippen LogP contribution in [-0.2, 0) is 13.5 Å². The molecule has 102 valence electrons. The second kappa shape index (κ2) is 5.85. The van der Waals surface area contributed by atoms with Gasteiger partial charge in [-0.1, -0.05) is 6.42 Å². The van der Waals surface area contributed by atoms with Crippen molar-refractivity contribution in [1.82, 2.24) is 15.1 Å². The number of aliphatic hydroxyl groups is 1. The zero-order valence-corrected chi connectivity index (χ0v) is 11.5. The highest BCUT2D eigenvalue weighted by atomic mass is 16.3. The van der Waals surface area contributed by atoms with Crippen molar-refractivity contribution in [2.24, 2.45) is 7.05 Å². The number of rotatable bonds is 5. The van der Waals surface area contributed by atoms with Crippen molar-refractivity contribution in [1.29, 1.82) is 0 Å². The van der Waals surface area contributed by atoms with Crippen LogP contribution in [0.2, 0.25) is 0 Å². The minimum absolute atomic E-state index is 0.486. The lowest BCUT2D eigenvalue weighted by molar-refractivity contribution is 0.0284. The quantitative estimate of drug-likeness (QED) is 0.836. The fraction of sp³-hybridized carbons (Fsp3) is 0.786. The Balaban J connectivity index is 1.81. The summed E-state index contributed by atoms with van der Waals surface area (Å²) in [5.41, 5.74) is 0.603. The van der Waals surface area contributed by atoms with E-state index in [1.807, 2.05) is 30.9 Å². The van der Waals surface area contributed by atoms with Crippen LogP contribution in [0, 0.1) is 0 Å². The van der Waals surface area contributed by atoms with Gasteiger partial charge in [0.2, 0.25) is 0 Å². The zero-order chi connectivity index (χ0) is 13.0.